The Morgan fingerprint density at radius 1 is 0.971 bits per heavy atom. The predicted octanol–water partition coefficient (Wildman–Crippen LogP) is 7.57. The number of benzene rings is 2. The molecule has 4 heteroatoms. The van der Waals surface area contributed by atoms with E-state index < -0.39 is 0 Å². The first kappa shape index (κ1) is 22.0. The van der Waals surface area contributed by atoms with Crippen LogP contribution in [-0.4, -0.2) is 20.9 Å². The highest BCUT2D eigenvalue weighted by atomic mass is 15.2. The van der Waals surface area contributed by atoms with Gasteiger partial charge in [-0.05, 0) is 97.5 Å². The standard InChI is InChI=1S/C31H34N4/c1-5-22-19-33(3)31-28(22)16-26(17-29(31)23-10-7-6-8-11-23)35-13-9-12-24-15-27(21(2)14-30(24)35)25-18-32-34(4)20-25/h5,10,14-20H,1,6-9,11-13H2,2-4H3. The smallest absolute Gasteiger partial charge is 0.0568 e. The quantitative estimate of drug-likeness (QED) is 0.312. The molecule has 35 heavy (non-hydrogen) atoms. The zero-order valence-corrected chi connectivity index (χ0v) is 21.1. The highest BCUT2D eigenvalue weighted by molar-refractivity contribution is 6.00. The van der Waals surface area contributed by atoms with Gasteiger partial charge in [0, 0.05) is 60.9 Å². The van der Waals surface area contributed by atoms with Gasteiger partial charge in [0.1, 0.15) is 0 Å². The second-order valence-electron chi connectivity index (χ2n) is 10.2. The number of rotatable bonds is 4. The fourth-order valence-corrected chi connectivity index (χ4v) is 6.08. The number of hydrogen-bond acceptors (Lipinski definition) is 2. The van der Waals surface area contributed by atoms with Gasteiger partial charge in [0.05, 0.1) is 11.7 Å². The van der Waals surface area contributed by atoms with E-state index in [0.29, 0.717) is 0 Å². The van der Waals surface area contributed by atoms with Crippen LogP contribution in [0, 0.1) is 6.92 Å². The molecule has 0 unspecified atom stereocenters. The Morgan fingerprint density at radius 3 is 2.60 bits per heavy atom. The van der Waals surface area contributed by atoms with Crippen LogP contribution in [0.1, 0.15) is 54.4 Å². The molecular weight excluding hydrogens is 428 g/mol. The predicted molar refractivity (Wildman–Crippen MR) is 148 cm³/mol. The minimum atomic E-state index is 1.04. The zero-order valence-electron chi connectivity index (χ0n) is 21.1. The fourth-order valence-electron chi connectivity index (χ4n) is 6.08. The molecule has 4 aromatic rings. The van der Waals surface area contributed by atoms with Crippen LogP contribution >= 0.6 is 0 Å². The summed E-state index contributed by atoms with van der Waals surface area (Å²) in [4.78, 5) is 2.55. The van der Waals surface area contributed by atoms with Gasteiger partial charge in [0.2, 0.25) is 0 Å². The largest absolute Gasteiger partial charge is 0.349 e. The van der Waals surface area contributed by atoms with Gasteiger partial charge in [-0.3, -0.25) is 4.68 Å². The molecule has 1 aliphatic carbocycles. The van der Waals surface area contributed by atoms with Gasteiger partial charge < -0.3 is 9.47 Å². The van der Waals surface area contributed by atoms with Gasteiger partial charge in [-0.2, -0.15) is 5.10 Å². The summed E-state index contributed by atoms with van der Waals surface area (Å²) in [5.74, 6) is 0. The maximum absolute atomic E-state index is 4.40. The second-order valence-corrected chi connectivity index (χ2v) is 10.2. The molecule has 2 aliphatic rings. The summed E-state index contributed by atoms with van der Waals surface area (Å²) in [7, 11) is 4.15. The minimum Gasteiger partial charge on any atom is -0.349 e. The van der Waals surface area contributed by atoms with Crippen LogP contribution < -0.4 is 4.90 Å². The first-order valence-electron chi connectivity index (χ1n) is 12.9. The van der Waals surface area contributed by atoms with E-state index >= 15 is 0 Å². The van der Waals surface area contributed by atoms with E-state index in [-0.39, 0.29) is 0 Å². The van der Waals surface area contributed by atoms with Crippen LogP contribution in [-0.2, 0) is 20.5 Å². The van der Waals surface area contributed by atoms with Crippen molar-refractivity contribution < 1.29 is 0 Å². The Kier molecular flexibility index (Phi) is 5.40. The molecule has 0 atom stereocenters. The molecule has 2 aromatic heterocycles. The number of hydrogen-bond donors (Lipinski definition) is 0. The minimum absolute atomic E-state index is 1.04. The van der Waals surface area contributed by atoms with Gasteiger partial charge in [0.25, 0.3) is 0 Å². The number of aryl methyl sites for hydroxylation is 4. The van der Waals surface area contributed by atoms with E-state index in [4.69, 9.17) is 0 Å². The number of allylic oxidation sites excluding steroid dienone is 2. The van der Waals surface area contributed by atoms with Crippen molar-refractivity contribution in [3.8, 4) is 11.1 Å². The summed E-state index contributed by atoms with van der Waals surface area (Å²) in [6.45, 7) is 7.38. The Labute approximate surface area is 208 Å². The van der Waals surface area contributed by atoms with Crippen molar-refractivity contribution in [1.82, 2.24) is 14.3 Å². The average Bonchev–Trinajstić information content (AvgIpc) is 3.46. The third kappa shape index (κ3) is 3.72. The molecule has 0 radical (unpaired) electrons. The molecule has 3 heterocycles. The van der Waals surface area contributed by atoms with Crippen LogP contribution in [0.15, 0.2) is 55.5 Å². The maximum Gasteiger partial charge on any atom is 0.0568 e. The Morgan fingerprint density at radius 2 is 1.86 bits per heavy atom. The fraction of sp³-hybridized carbons (Fsp3) is 0.323. The summed E-state index contributed by atoms with van der Waals surface area (Å²) in [5.41, 5.74) is 13.3. The van der Waals surface area contributed by atoms with E-state index in [2.05, 4.69) is 77.9 Å². The van der Waals surface area contributed by atoms with Crippen molar-refractivity contribution >= 4 is 33.9 Å². The monoisotopic (exact) mass is 462 g/mol. The van der Waals surface area contributed by atoms with Crippen molar-refractivity contribution in [3.63, 3.8) is 0 Å². The SMILES string of the molecule is C=Cc1cn(C)c2c(C3=CCCCC3)cc(N3CCCc4cc(-c5cnn(C)c5)c(C)cc43)cc12. The van der Waals surface area contributed by atoms with Crippen molar-refractivity contribution in [2.24, 2.45) is 14.1 Å². The van der Waals surface area contributed by atoms with Crippen LogP contribution in [0.4, 0.5) is 11.4 Å². The van der Waals surface area contributed by atoms with Crippen LogP contribution in [0.2, 0.25) is 0 Å². The summed E-state index contributed by atoms with van der Waals surface area (Å²) < 4.78 is 4.17. The van der Waals surface area contributed by atoms with E-state index in [1.807, 2.05) is 24.0 Å². The zero-order chi connectivity index (χ0) is 24.1. The molecule has 0 fully saturated rings. The molecule has 0 amide bonds. The Balaban J connectivity index is 1.52. The highest BCUT2D eigenvalue weighted by Crippen LogP contribution is 2.42. The van der Waals surface area contributed by atoms with Crippen LogP contribution in [0.25, 0.3) is 33.7 Å². The van der Waals surface area contributed by atoms with Gasteiger partial charge in [-0.15, -0.1) is 0 Å². The Bertz CT molecular complexity index is 1480. The number of fused-ring (bicyclic) bond motifs is 2. The number of nitrogens with zero attached hydrogens (tertiary/aromatic N) is 4. The molecular formula is C31H34N4. The van der Waals surface area contributed by atoms with Gasteiger partial charge in [0.15, 0.2) is 0 Å². The van der Waals surface area contributed by atoms with Gasteiger partial charge in [-0.1, -0.05) is 18.7 Å². The summed E-state index contributed by atoms with van der Waals surface area (Å²) in [6.07, 6.45) is 18.0. The maximum atomic E-state index is 4.40. The topological polar surface area (TPSA) is 26.0 Å². The second kappa shape index (κ2) is 8.60. The lowest BCUT2D eigenvalue weighted by Crippen LogP contribution is -2.25. The first-order chi connectivity index (χ1) is 17.0. The molecule has 6 rings (SSSR count). The molecule has 0 saturated heterocycles. The van der Waals surface area contributed by atoms with Crippen molar-refractivity contribution in [3.05, 3.63) is 77.8 Å². The molecule has 1 aliphatic heterocycles. The van der Waals surface area contributed by atoms with Gasteiger partial charge in [-0.25, -0.2) is 0 Å². The lowest BCUT2D eigenvalue weighted by atomic mass is 9.90. The molecule has 4 nitrogen and oxygen atoms in total. The lowest BCUT2D eigenvalue weighted by Gasteiger charge is -2.33. The van der Waals surface area contributed by atoms with Crippen molar-refractivity contribution in [2.75, 3.05) is 11.4 Å². The molecule has 0 saturated carbocycles. The third-order valence-corrected chi connectivity index (χ3v) is 7.82. The average molecular weight is 463 g/mol. The molecule has 178 valence electrons. The summed E-state index contributed by atoms with van der Waals surface area (Å²) in [5, 5.41) is 5.70. The van der Waals surface area contributed by atoms with E-state index in [0.717, 1.165) is 25.8 Å². The van der Waals surface area contributed by atoms with Crippen LogP contribution in [0.3, 0.4) is 0 Å². The molecule has 2 aromatic carbocycles. The molecule has 0 bridgehead atoms. The molecule has 0 spiro atoms. The van der Waals surface area contributed by atoms with Crippen molar-refractivity contribution in [2.45, 2.75) is 45.4 Å². The number of aromatic nitrogens is 3. The number of anilines is 2. The normalized spacial score (nSPS) is 15.9. The molecule has 0 N–H and O–H groups in total. The highest BCUT2D eigenvalue weighted by Gasteiger charge is 2.23. The van der Waals surface area contributed by atoms with Gasteiger partial charge >= 0.3 is 0 Å². The first-order valence-corrected chi connectivity index (χ1v) is 12.9. The summed E-state index contributed by atoms with van der Waals surface area (Å²) in [6, 6.07) is 9.62. The van der Waals surface area contributed by atoms with E-state index in [1.165, 1.54) is 80.5 Å². The summed E-state index contributed by atoms with van der Waals surface area (Å²) >= 11 is 0. The van der Waals surface area contributed by atoms with E-state index in [1.54, 1.807) is 0 Å². The lowest BCUT2D eigenvalue weighted by molar-refractivity contribution is 0.741. The van der Waals surface area contributed by atoms with E-state index in [9.17, 15) is 0 Å². The third-order valence-electron chi connectivity index (χ3n) is 7.82. The van der Waals surface area contributed by atoms with Crippen molar-refractivity contribution in [1.29, 1.82) is 0 Å². The van der Waals surface area contributed by atoms with Crippen LogP contribution in [0.5, 0.6) is 0 Å². The Hall–Kier alpha value is -3.53.